The van der Waals surface area contributed by atoms with Gasteiger partial charge >= 0.3 is 0 Å². The van der Waals surface area contributed by atoms with E-state index in [1.165, 1.54) is 0 Å². The zero-order valence-corrected chi connectivity index (χ0v) is 76.9. The lowest BCUT2D eigenvalue weighted by atomic mass is 9.99. The van der Waals surface area contributed by atoms with Gasteiger partial charge in [-0.05, 0) is 196 Å². The number of rotatable bonds is 20. The predicted molar refractivity (Wildman–Crippen MR) is 554 cm³/mol. The second-order valence-electron chi connectivity index (χ2n) is 34.7. The van der Waals surface area contributed by atoms with Crippen molar-refractivity contribution in [1.29, 1.82) is 0 Å². The van der Waals surface area contributed by atoms with E-state index in [2.05, 4.69) is 180 Å². The minimum Gasteiger partial charge on any atom is -0.371 e. The van der Waals surface area contributed by atoms with Crippen LogP contribution in [0, 0.1) is 0 Å². The van der Waals surface area contributed by atoms with E-state index in [0.717, 1.165) is 208 Å². The summed E-state index contributed by atoms with van der Waals surface area (Å²) in [5.41, 5.74) is 18.7. The molecule has 30 nitrogen and oxygen atoms in total. The number of nitrogens with zero attached hydrogens (tertiary/aromatic N) is 17. The number of hydrogen-bond acceptors (Lipinski definition) is 21. The van der Waals surface area contributed by atoms with Crippen LogP contribution in [0.2, 0.25) is 0 Å². The van der Waals surface area contributed by atoms with Gasteiger partial charge in [-0.1, -0.05) is 140 Å². The maximum Gasteiger partial charge on any atom is 0.265 e. The number of fused-ring (bicyclic) bond motifs is 8. The Morgan fingerprint density at radius 3 is 0.964 bits per heavy atom. The summed E-state index contributed by atoms with van der Waals surface area (Å²) in [4.78, 5) is 116. The Balaban J connectivity index is 0.000000110. The highest BCUT2D eigenvalue weighted by molar-refractivity contribution is 6.00. The summed E-state index contributed by atoms with van der Waals surface area (Å²) in [7, 11) is 2.14. The quantitative estimate of drug-likeness (QED) is 0.0342. The lowest BCUT2D eigenvalue weighted by Gasteiger charge is -2.34. The summed E-state index contributed by atoms with van der Waals surface area (Å²) in [6.07, 6.45) is 23.0. The van der Waals surface area contributed by atoms with E-state index in [9.17, 15) is 19.2 Å². The highest BCUT2D eigenvalue weighted by atomic mass is 16.1. The molecule has 0 aliphatic carbocycles. The second-order valence-corrected chi connectivity index (χ2v) is 34.7. The average Bonchev–Trinajstić information content (AvgIpc) is 1.75. The number of nitrogens with one attached hydrogen (secondary N) is 9. The van der Waals surface area contributed by atoms with Crippen molar-refractivity contribution in [1.82, 2.24) is 98.2 Å². The minimum atomic E-state index is -0.232. The van der Waals surface area contributed by atoms with E-state index in [1.54, 1.807) is 84.0 Å². The van der Waals surface area contributed by atoms with Crippen molar-refractivity contribution in [2.24, 2.45) is 0 Å². The van der Waals surface area contributed by atoms with E-state index in [1.807, 2.05) is 229 Å². The molecule has 30 heteroatoms. The molecule has 2 aliphatic rings. The highest BCUT2D eigenvalue weighted by Gasteiger charge is 2.29. The van der Waals surface area contributed by atoms with Crippen LogP contribution in [0.4, 0.5) is 34.6 Å². The fourth-order valence-electron chi connectivity index (χ4n) is 19.1. The van der Waals surface area contributed by atoms with Crippen molar-refractivity contribution in [3.8, 4) is 45.0 Å². The van der Waals surface area contributed by atoms with Crippen molar-refractivity contribution in [2.45, 2.75) is 64.7 Å². The van der Waals surface area contributed by atoms with Gasteiger partial charge in [0.05, 0.1) is 111 Å². The molecule has 9 N–H and O–H groups in total. The zero-order chi connectivity index (χ0) is 94.6. The Hall–Kier alpha value is -17.8. The van der Waals surface area contributed by atoms with Crippen molar-refractivity contribution in [3.05, 3.63) is 394 Å². The molecule has 2 aliphatic heterocycles. The van der Waals surface area contributed by atoms with E-state index < -0.39 is 0 Å². The summed E-state index contributed by atoms with van der Waals surface area (Å²) >= 11 is 0. The molecule has 2 saturated heterocycles. The summed E-state index contributed by atoms with van der Waals surface area (Å²) < 4.78 is 7.23. The fraction of sp³-hybridized carbons (Fsp3) is 0.156. The number of aromatic amines is 5. The van der Waals surface area contributed by atoms with Gasteiger partial charge in [-0.3, -0.25) is 47.5 Å². The minimum absolute atomic E-state index is 0.000729. The standard InChI is InChI=1S/C28H29N7O.C28H22N6O.C27H26N6O.C26H21N7O/c1-19(32-27-26-22(11-12-29-27)30-18-31-26)24-17-20-7-6-10-23(34-15-13-33(2)14-16-34)25(20)28(36)35(24)21-8-4-3-5-9-21;1-18(33-27-26-23(12-14-30-27)31-17-32-26)24-15-19-7-5-11-22(20-8-6-13-29-16-20)25(19)28(35)34(24)21-9-3-2-4-10-21;1-18(31-26-25-21(12-13-28-26)29-17-30-25)23-16-19-8-7-11-22(32-14-5-6-15-32)24(19)27(34)33(23)20-9-3-2-4-10-20;1-16(32-25-24-21(10-11-27-25)28-15-29-24)22-12-17-6-5-9-20(18-13-30-31-14-18)23(17)26(34)33(22)19-7-3-2-4-8-19/h3-12,17-19H,13-16H2,1-2H3,(H,29,32)(H,30,31);2-18H,1H3,(H,30,33)(H,31,32);2-4,7-13,16-18H,5-6,14-15H2,1H3,(H,28,31)(H,29,30);2-16H,1H3,(H,27,32)(H,28,29)(H,30,31)/t19-;2*18-;16-/m1111/s1. The largest absolute Gasteiger partial charge is 0.371 e. The van der Waals surface area contributed by atoms with Gasteiger partial charge in [-0.25, -0.2) is 39.9 Å². The molecule has 22 aromatic rings. The molecule has 14 aromatic heterocycles. The number of aromatic nitrogens is 19. The molecule has 0 bridgehead atoms. The van der Waals surface area contributed by atoms with Gasteiger partial charge < -0.3 is 55.9 Å². The first-order valence-electron chi connectivity index (χ1n) is 46.4. The summed E-state index contributed by atoms with van der Waals surface area (Å²) in [5.74, 6) is 2.68. The molecule has 0 saturated carbocycles. The summed E-state index contributed by atoms with van der Waals surface area (Å²) in [6, 6.07) is 82.2. The fourth-order valence-corrected chi connectivity index (χ4v) is 19.1. The number of pyridine rings is 9. The second kappa shape index (κ2) is 38.7. The average molecular weight is 1840 g/mol. The molecule has 0 spiro atoms. The molecule has 4 atom stereocenters. The predicted octanol–water partition coefficient (Wildman–Crippen LogP) is 19.5. The monoisotopic (exact) mass is 1830 g/mol. The number of benzene rings is 8. The van der Waals surface area contributed by atoms with Gasteiger partial charge in [0, 0.05) is 139 Å². The zero-order valence-electron chi connectivity index (χ0n) is 76.9. The highest BCUT2D eigenvalue weighted by Crippen LogP contribution is 2.38. The van der Waals surface area contributed by atoms with Gasteiger partial charge in [-0.15, -0.1) is 0 Å². The van der Waals surface area contributed by atoms with Gasteiger partial charge in [0.15, 0.2) is 23.3 Å². The molecular weight excluding hydrogens is 1740 g/mol. The Kier molecular flexibility index (Phi) is 24.4. The molecule has 24 rings (SSSR count). The number of imidazole rings is 4. The molecule has 139 heavy (non-hydrogen) atoms. The van der Waals surface area contributed by atoms with Crippen LogP contribution in [0.25, 0.3) is 132 Å². The van der Waals surface area contributed by atoms with Gasteiger partial charge in [0.2, 0.25) is 0 Å². The van der Waals surface area contributed by atoms with Gasteiger partial charge in [-0.2, -0.15) is 5.10 Å². The third-order valence-corrected chi connectivity index (χ3v) is 25.9. The molecule has 0 amide bonds. The van der Waals surface area contributed by atoms with E-state index in [4.69, 9.17) is 0 Å². The lowest BCUT2D eigenvalue weighted by molar-refractivity contribution is 0.313. The molecule has 688 valence electrons. The number of likely N-dealkylation sites (N-methyl/N-ethyl adjacent to an activating group) is 1. The molecule has 0 radical (unpaired) electrons. The first-order chi connectivity index (χ1) is 68.2. The SMILES string of the molecule is C[C@@H](Nc1nccc2[nH]cnc12)c1cc2cccc(-c3cccnc3)c2c(=O)n1-c1ccccc1.C[C@@H](Nc1nccc2[nH]cnc12)c1cc2cccc(-c3cn[nH]c3)c2c(=O)n1-c1ccccc1.C[C@@H](Nc1nccc2[nH]cnc12)c1cc2cccc(N3CCCC3)c2c(=O)n1-c1ccccc1.C[C@@H](Nc1nccc2[nH]cnc12)c1cc2cccc(N3CCN(C)CC3)c2c(=O)n1-c1ccccc1. The molecule has 2 fully saturated rings. The number of hydrogen-bond donors (Lipinski definition) is 9. The van der Waals surface area contributed by atoms with Crippen LogP contribution < -0.4 is 53.3 Å². The van der Waals surface area contributed by atoms with Crippen LogP contribution in [-0.2, 0) is 0 Å². The molecular formula is C109H98N26O4. The lowest BCUT2D eigenvalue weighted by Crippen LogP contribution is -2.45. The third-order valence-electron chi connectivity index (χ3n) is 25.9. The van der Waals surface area contributed by atoms with Crippen molar-refractivity contribution in [2.75, 3.05) is 77.4 Å². The van der Waals surface area contributed by atoms with Crippen LogP contribution >= 0.6 is 0 Å². The Morgan fingerprint density at radius 2 is 0.633 bits per heavy atom. The molecule has 8 aromatic carbocycles. The Bertz CT molecular complexity index is 8460. The summed E-state index contributed by atoms with van der Waals surface area (Å²) in [5, 5.41) is 27.3. The Labute approximate surface area is 796 Å². The molecule has 16 heterocycles. The maximum atomic E-state index is 14.3. The summed E-state index contributed by atoms with van der Waals surface area (Å²) in [6.45, 7) is 13.9. The van der Waals surface area contributed by atoms with Crippen LogP contribution in [-0.4, -0.2) is 144 Å². The van der Waals surface area contributed by atoms with E-state index >= 15 is 0 Å². The van der Waals surface area contributed by atoms with Gasteiger partial charge in [0.1, 0.15) is 22.1 Å². The van der Waals surface area contributed by atoms with Crippen LogP contribution in [0.15, 0.2) is 349 Å². The van der Waals surface area contributed by atoms with E-state index in [0.29, 0.717) is 34.0 Å². The number of piperazine rings is 1. The van der Waals surface area contributed by atoms with Crippen molar-refractivity contribution >= 4 is 122 Å². The first kappa shape index (κ1) is 87.8. The van der Waals surface area contributed by atoms with E-state index in [-0.39, 0.29) is 46.4 Å². The maximum absolute atomic E-state index is 14.3. The number of H-pyrrole nitrogens is 5. The van der Waals surface area contributed by atoms with Crippen LogP contribution in [0.5, 0.6) is 0 Å². The molecule has 0 unspecified atom stereocenters. The number of para-hydroxylation sites is 4. The smallest absolute Gasteiger partial charge is 0.265 e. The van der Waals surface area contributed by atoms with Crippen molar-refractivity contribution in [3.63, 3.8) is 0 Å². The third kappa shape index (κ3) is 17.5. The topological polar surface area (TPSA) is 354 Å². The number of anilines is 6. The van der Waals surface area contributed by atoms with Crippen LogP contribution in [0.3, 0.4) is 0 Å². The first-order valence-corrected chi connectivity index (χ1v) is 46.4. The van der Waals surface area contributed by atoms with Crippen molar-refractivity contribution < 1.29 is 0 Å². The van der Waals surface area contributed by atoms with Gasteiger partial charge in [0.25, 0.3) is 22.2 Å². The normalized spacial score (nSPS) is 13.6. The Morgan fingerprint density at radius 1 is 0.309 bits per heavy atom. The van der Waals surface area contributed by atoms with Crippen LogP contribution in [0.1, 0.15) is 87.5 Å².